The molecule has 4 heteroatoms. The molecule has 0 aliphatic heterocycles. The Morgan fingerprint density at radius 3 is 2.62 bits per heavy atom. The molecule has 2 nitrogen and oxygen atoms in total. The highest BCUT2D eigenvalue weighted by Crippen LogP contribution is 2.24. The van der Waals surface area contributed by atoms with Gasteiger partial charge in [-0.05, 0) is 37.6 Å². The maximum absolute atomic E-state index is 11.6. The molecule has 1 atom stereocenters. The van der Waals surface area contributed by atoms with Gasteiger partial charge in [0.2, 0.25) is 5.91 Å². The summed E-state index contributed by atoms with van der Waals surface area (Å²) in [6.07, 6.45) is 0.962. The van der Waals surface area contributed by atoms with Crippen LogP contribution in [0.2, 0.25) is 5.02 Å². The van der Waals surface area contributed by atoms with E-state index in [0.717, 1.165) is 17.9 Å². The van der Waals surface area contributed by atoms with Crippen molar-refractivity contribution in [2.75, 3.05) is 6.54 Å². The zero-order chi connectivity index (χ0) is 12.0. The highest BCUT2D eigenvalue weighted by Gasteiger charge is 2.13. The van der Waals surface area contributed by atoms with E-state index in [0.29, 0.717) is 5.02 Å². The van der Waals surface area contributed by atoms with Crippen LogP contribution >= 0.6 is 23.4 Å². The standard InChI is InChI=1S/C12H16ClNOS/c1-3-8-14-12(15)9(2)16-11-6-4-10(13)5-7-11/h4-7,9H,3,8H2,1-2H3,(H,14,15)/t9-/m0/s1. The Kier molecular flexibility index (Phi) is 5.71. The van der Waals surface area contributed by atoms with Gasteiger partial charge in [0.15, 0.2) is 0 Å². The lowest BCUT2D eigenvalue weighted by Gasteiger charge is -2.11. The molecule has 1 N–H and O–H groups in total. The van der Waals surface area contributed by atoms with Gasteiger partial charge in [-0.3, -0.25) is 4.79 Å². The molecule has 0 aromatic heterocycles. The summed E-state index contributed by atoms with van der Waals surface area (Å²) in [4.78, 5) is 12.7. The Hall–Kier alpha value is -0.670. The fourth-order valence-corrected chi connectivity index (χ4v) is 2.18. The number of rotatable bonds is 5. The summed E-state index contributed by atoms with van der Waals surface area (Å²) in [6.45, 7) is 4.69. The second-order valence-corrected chi connectivity index (χ2v) is 5.36. The normalized spacial score (nSPS) is 12.2. The maximum atomic E-state index is 11.6. The molecule has 1 aromatic rings. The van der Waals surface area contributed by atoms with Crippen molar-refractivity contribution in [3.05, 3.63) is 29.3 Å². The number of carbonyl (C=O) groups excluding carboxylic acids is 1. The third kappa shape index (κ3) is 4.45. The lowest BCUT2D eigenvalue weighted by Crippen LogP contribution is -2.31. The minimum Gasteiger partial charge on any atom is -0.355 e. The number of nitrogens with one attached hydrogen (secondary N) is 1. The van der Waals surface area contributed by atoms with Crippen molar-refractivity contribution in [2.45, 2.75) is 30.4 Å². The molecule has 0 heterocycles. The molecule has 0 spiro atoms. The molecule has 88 valence electrons. The lowest BCUT2D eigenvalue weighted by molar-refractivity contribution is -0.120. The van der Waals surface area contributed by atoms with Crippen LogP contribution in [0.15, 0.2) is 29.2 Å². The molecule has 0 saturated heterocycles. The molecule has 0 radical (unpaired) electrons. The van der Waals surface area contributed by atoms with Gasteiger partial charge in [0.05, 0.1) is 5.25 Å². The smallest absolute Gasteiger partial charge is 0.233 e. The van der Waals surface area contributed by atoms with Crippen LogP contribution in [0, 0.1) is 0 Å². The van der Waals surface area contributed by atoms with Gasteiger partial charge in [-0.25, -0.2) is 0 Å². The highest BCUT2D eigenvalue weighted by molar-refractivity contribution is 8.00. The number of hydrogen-bond donors (Lipinski definition) is 1. The first kappa shape index (κ1) is 13.4. The average molecular weight is 258 g/mol. The van der Waals surface area contributed by atoms with E-state index in [4.69, 9.17) is 11.6 Å². The van der Waals surface area contributed by atoms with E-state index in [1.54, 1.807) is 11.8 Å². The molecule has 0 fully saturated rings. The lowest BCUT2D eigenvalue weighted by atomic mass is 10.4. The number of carbonyl (C=O) groups is 1. The van der Waals surface area contributed by atoms with E-state index in [1.807, 2.05) is 38.1 Å². The van der Waals surface area contributed by atoms with Crippen molar-refractivity contribution >= 4 is 29.3 Å². The molecule has 0 aliphatic carbocycles. The fraction of sp³-hybridized carbons (Fsp3) is 0.417. The van der Waals surface area contributed by atoms with Gasteiger partial charge >= 0.3 is 0 Å². The largest absolute Gasteiger partial charge is 0.355 e. The average Bonchev–Trinajstić information content (AvgIpc) is 2.29. The Labute approximate surface area is 106 Å². The van der Waals surface area contributed by atoms with Crippen LogP contribution in [0.4, 0.5) is 0 Å². The third-order valence-corrected chi connectivity index (χ3v) is 3.41. The van der Waals surface area contributed by atoms with E-state index in [2.05, 4.69) is 5.32 Å². The van der Waals surface area contributed by atoms with Crippen LogP contribution in [-0.2, 0) is 4.79 Å². The number of amides is 1. The van der Waals surface area contributed by atoms with Crippen molar-refractivity contribution in [2.24, 2.45) is 0 Å². The molecule has 0 saturated carbocycles. The van der Waals surface area contributed by atoms with Crippen LogP contribution in [0.25, 0.3) is 0 Å². The summed E-state index contributed by atoms with van der Waals surface area (Å²) in [6, 6.07) is 7.52. The van der Waals surface area contributed by atoms with Gasteiger partial charge in [0.25, 0.3) is 0 Å². The summed E-state index contributed by atoms with van der Waals surface area (Å²) >= 11 is 7.33. The fourth-order valence-electron chi connectivity index (χ4n) is 1.16. The van der Waals surface area contributed by atoms with Crippen LogP contribution in [0.1, 0.15) is 20.3 Å². The van der Waals surface area contributed by atoms with Crippen molar-refractivity contribution in [1.82, 2.24) is 5.32 Å². The Morgan fingerprint density at radius 1 is 1.44 bits per heavy atom. The number of hydrogen-bond acceptors (Lipinski definition) is 2. The topological polar surface area (TPSA) is 29.1 Å². The van der Waals surface area contributed by atoms with Gasteiger partial charge in [0.1, 0.15) is 0 Å². The zero-order valence-electron chi connectivity index (χ0n) is 9.50. The van der Waals surface area contributed by atoms with E-state index < -0.39 is 0 Å². The predicted octanol–water partition coefficient (Wildman–Crippen LogP) is 3.35. The molecule has 0 unspecified atom stereocenters. The third-order valence-electron chi connectivity index (χ3n) is 2.04. The Bertz CT molecular complexity index is 339. The molecule has 0 aliphatic rings. The first-order valence-electron chi connectivity index (χ1n) is 5.33. The van der Waals surface area contributed by atoms with Crippen molar-refractivity contribution in [1.29, 1.82) is 0 Å². The number of thioether (sulfide) groups is 1. The van der Waals surface area contributed by atoms with Gasteiger partial charge in [-0.15, -0.1) is 11.8 Å². The monoisotopic (exact) mass is 257 g/mol. The molecule has 1 aromatic carbocycles. The summed E-state index contributed by atoms with van der Waals surface area (Å²) in [5.41, 5.74) is 0. The number of benzene rings is 1. The van der Waals surface area contributed by atoms with Crippen molar-refractivity contribution < 1.29 is 4.79 Å². The second-order valence-electron chi connectivity index (χ2n) is 3.51. The van der Waals surface area contributed by atoms with Crippen LogP contribution in [0.5, 0.6) is 0 Å². The van der Waals surface area contributed by atoms with Crippen LogP contribution in [-0.4, -0.2) is 17.7 Å². The molecule has 1 rings (SSSR count). The first-order chi connectivity index (χ1) is 7.63. The minimum atomic E-state index is -0.0762. The molecule has 16 heavy (non-hydrogen) atoms. The van der Waals surface area contributed by atoms with E-state index in [9.17, 15) is 4.79 Å². The molecular formula is C12H16ClNOS. The second kappa shape index (κ2) is 6.81. The maximum Gasteiger partial charge on any atom is 0.233 e. The first-order valence-corrected chi connectivity index (χ1v) is 6.59. The molecular weight excluding hydrogens is 242 g/mol. The van der Waals surface area contributed by atoms with Crippen molar-refractivity contribution in [3.63, 3.8) is 0 Å². The van der Waals surface area contributed by atoms with Crippen LogP contribution < -0.4 is 5.32 Å². The summed E-state index contributed by atoms with van der Waals surface area (Å²) < 4.78 is 0. The molecule has 0 bridgehead atoms. The predicted molar refractivity (Wildman–Crippen MR) is 70.1 cm³/mol. The Balaban J connectivity index is 2.47. The van der Waals surface area contributed by atoms with E-state index in [1.165, 1.54) is 0 Å². The minimum absolute atomic E-state index is 0.0762. The summed E-state index contributed by atoms with van der Waals surface area (Å²) in [5, 5.41) is 3.52. The van der Waals surface area contributed by atoms with Crippen LogP contribution in [0.3, 0.4) is 0 Å². The van der Waals surface area contributed by atoms with Gasteiger partial charge in [-0.2, -0.15) is 0 Å². The number of halogens is 1. The Morgan fingerprint density at radius 2 is 2.06 bits per heavy atom. The van der Waals surface area contributed by atoms with E-state index in [-0.39, 0.29) is 11.2 Å². The van der Waals surface area contributed by atoms with Gasteiger partial charge < -0.3 is 5.32 Å². The highest BCUT2D eigenvalue weighted by atomic mass is 35.5. The summed E-state index contributed by atoms with van der Waals surface area (Å²) in [5.74, 6) is 0.0850. The van der Waals surface area contributed by atoms with E-state index >= 15 is 0 Å². The molecule has 1 amide bonds. The van der Waals surface area contributed by atoms with Gasteiger partial charge in [0, 0.05) is 16.5 Å². The SMILES string of the molecule is CCCNC(=O)[C@H](C)Sc1ccc(Cl)cc1. The quantitative estimate of drug-likeness (QED) is 0.820. The summed E-state index contributed by atoms with van der Waals surface area (Å²) in [7, 11) is 0. The van der Waals surface area contributed by atoms with Gasteiger partial charge in [-0.1, -0.05) is 18.5 Å². The zero-order valence-corrected chi connectivity index (χ0v) is 11.1. The van der Waals surface area contributed by atoms with Crippen molar-refractivity contribution in [3.8, 4) is 0 Å².